The fourth-order valence-corrected chi connectivity index (χ4v) is 1.40. The summed E-state index contributed by atoms with van der Waals surface area (Å²) in [6.45, 7) is 3.68. The molecule has 0 amide bonds. The van der Waals surface area contributed by atoms with E-state index in [0.717, 1.165) is 0 Å². The molecule has 0 unspecified atom stereocenters. The largest absolute Gasteiger partial charge is 0.463 e. The van der Waals surface area contributed by atoms with Crippen molar-refractivity contribution in [1.82, 2.24) is 9.97 Å². The predicted molar refractivity (Wildman–Crippen MR) is 56.7 cm³/mol. The van der Waals surface area contributed by atoms with Crippen molar-refractivity contribution in [3.05, 3.63) is 40.1 Å². The first kappa shape index (κ1) is 9.71. The van der Waals surface area contributed by atoms with Crippen molar-refractivity contribution in [3.63, 3.8) is 0 Å². The van der Waals surface area contributed by atoms with Crippen LogP contribution in [0.2, 0.25) is 0 Å². The Kier molecular flexibility index (Phi) is 2.41. The van der Waals surface area contributed by atoms with E-state index >= 15 is 0 Å². The molecule has 0 spiro atoms. The van der Waals surface area contributed by atoms with Crippen LogP contribution in [0.4, 0.5) is 0 Å². The van der Waals surface area contributed by atoms with E-state index in [1.165, 1.54) is 0 Å². The van der Waals surface area contributed by atoms with Crippen LogP contribution in [0.1, 0.15) is 18.3 Å². The molecule has 0 aliphatic heterocycles. The minimum Gasteiger partial charge on any atom is -0.463 e. The van der Waals surface area contributed by atoms with Crippen molar-refractivity contribution in [3.8, 4) is 11.5 Å². The monoisotopic (exact) mass is 204 g/mol. The molecule has 0 radical (unpaired) electrons. The second-order valence-corrected chi connectivity index (χ2v) is 3.32. The van der Waals surface area contributed by atoms with Gasteiger partial charge in [0.2, 0.25) is 0 Å². The molecule has 4 nitrogen and oxygen atoms in total. The molecule has 0 bridgehead atoms. The van der Waals surface area contributed by atoms with Crippen LogP contribution in [0.5, 0.6) is 0 Å². The smallest absolute Gasteiger partial charge is 0.254 e. The summed E-state index contributed by atoms with van der Waals surface area (Å²) in [5, 5.41) is 0. The molecule has 0 saturated heterocycles. The van der Waals surface area contributed by atoms with Crippen LogP contribution in [0.15, 0.2) is 27.6 Å². The number of hydrogen-bond donors (Lipinski definition) is 1. The Morgan fingerprint density at radius 3 is 2.93 bits per heavy atom. The lowest BCUT2D eigenvalue weighted by atomic mass is 10.2. The SMILES string of the molecule is CCc1nc(-c2ccco2)c(C)c(=O)[nH]1. The van der Waals surface area contributed by atoms with E-state index in [2.05, 4.69) is 9.97 Å². The fourth-order valence-electron chi connectivity index (χ4n) is 1.40. The van der Waals surface area contributed by atoms with Crippen molar-refractivity contribution in [2.75, 3.05) is 0 Å². The maximum atomic E-state index is 11.6. The van der Waals surface area contributed by atoms with Gasteiger partial charge in [-0.15, -0.1) is 0 Å². The summed E-state index contributed by atoms with van der Waals surface area (Å²) in [5.74, 6) is 1.31. The van der Waals surface area contributed by atoms with Gasteiger partial charge >= 0.3 is 0 Å². The van der Waals surface area contributed by atoms with E-state index in [1.54, 1.807) is 25.3 Å². The summed E-state index contributed by atoms with van der Waals surface area (Å²) in [7, 11) is 0. The van der Waals surface area contributed by atoms with Crippen LogP contribution >= 0.6 is 0 Å². The quantitative estimate of drug-likeness (QED) is 0.812. The highest BCUT2D eigenvalue weighted by molar-refractivity contribution is 5.55. The summed E-state index contributed by atoms with van der Waals surface area (Å²) < 4.78 is 5.24. The number of hydrogen-bond acceptors (Lipinski definition) is 3. The van der Waals surface area contributed by atoms with Gasteiger partial charge in [0.1, 0.15) is 11.5 Å². The molecule has 78 valence electrons. The zero-order valence-electron chi connectivity index (χ0n) is 8.70. The molecule has 4 heteroatoms. The zero-order chi connectivity index (χ0) is 10.8. The van der Waals surface area contributed by atoms with Crippen LogP contribution in [0.25, 0.3) is 11.5 Å². The Morgan fingerprint density at radius 1 is 1.53 bits per heavy atom. The molecular weight excluding hydrogens is 192 g/mol. The summed E-state index contributed by atoms with van der Waals surface area (Å²) in [5.41, 5.74) is 1.11. The Bertz CT molecular complexity index is 512. The van der Waals surface area contributed by atoms with Crippen LogP contribution < -0.4 is 5.56 Å². The standard InChI is InChI=1S/C11H12N2O2/c1-3-9-12-10(7(2)11(14)13-9)8-5-4-6-15-8/h4-6H,3H2,1-2H3,(H,12,13,14). The van der Waals surface area contributed by atoms with E-state index in [4.69, 9.17) is 4.42 Å². The van der Waals surface area contributed by atoms with Crippen molar-refractivity contribution in [2.45, 2.75) is 20.3 Å². The number of nitrogens with one attached hydrogen (secondary N) is 1. The third-order valence-corrected chi connectivity index (χ3v) is 2.29. The molecule has 2 rings (SSSR count). The van der Waals surface area contributed by atoms with Crippen LogP contribution in [-0.4, -0.2) is 9.97 Å². The Morgan fingerprint density at radius 2 is 2.33 bits per heavy atom. The lowest BCUT2D eigenvalue weighted by Gasteiger charge is -2.03. The van der Waals surface area contributed by atoms with Crippen molar-refractivity contribution >= 4 is 0 Å². The summed E-state index contributed by atoms with van der Waals surface area (Å²) in [6.07, 6.45) is 2.27. The number of aryl methyl sites for hydroxylation is 1. The highest BCUT2D eigenvalue weighted by Gasteiger charge is 2.10. The van der Waals surface area contributed by atoms with E-state index in [9.17, 15) is 4.79 Å². The summed E-state index contributed by atoms with van der Waals surface area (Å²) in [4.78, 5) is 18.6. The van der Waals surface area contributed by atoms with Gasteiger partial charge in [-0.1, -0.05) is 6.92 Å². The minimum atomic E-state index is -0.103. The van der Waals surface area contributed by atoms with E-state index in [1.807, 2.05) is 6.92 Å². The van der Waals surface area contributed by atoms with E-state index in [0.29, 0.717) is 29.3 Å². The number of aromatic nitrogens is 2. The van der Waals surface area contributed by atoms with Gasteiger partial charge in [-0.05, 0) is 19.1 Å². The van der Waals surface area contributed by atoms with Crippen molar-refractivity contribution < 1.29 is 4.42 Å². The first-order chi connectivity index (χ1) is 7.22. The molecule has 15 heavy (non-hydrogen) atoms. The zero-order valence-corrected chi connectivity index (χ0v) is 8.70. The van der Waals surface area contributed by atoms with Gasteiger partial charge in [0.25, 0.3) is 5.56 Å². The molecule has 2 aromatic rings. The number of H-pyrrole nitrogens is 1. The van der Waals surface area contributed by atoms with Gasteiger partial charge in [-0.2, -0.15) is 0 Å². The molecule has 0 aliphatic rings. The van der Waals surface area contributed by atoms with Gasteiger partial charge in [-0.3, -0.25) is 4.79 Å². The first-order valence-electron chi connectivity index (χ1n) is 4.86. The van der Waals surface area contributed by atoms with Gasteiger partial charge < -0.3 is 9.40 Å². The lowest BCUT2D eigenvalue weighted by Crippen LogP contribution is -2.15. The molecule has 0 saturated carbocycles. The summed E-state index contributed by atoms with van der Waals surface area (Å²) in [6, 6.07) is 3.58. The highest BCUT2D eigenvalue weighted by atomic mass is 16.3. The molecule has 0 aliphatic carbocycles. The summed E-state index contributed by atoms with van der Waals surface area (Å²) >= 11 is 0. The number of nitrogens with zero attached hydrogens (tertiary/aromatic N) is 1. The van der Waals surface area contributed by atoms with Crippen molar-refractivity contribution in [2.24, 2.45) is 0 Å². The molecule has 2 aromatic heterocycles. The highest BCUT2D eigenvalue weighted by Crippen LogP contribution is 2.18. The second kappa shape index (κ2) is 3.73. The average Bonchev–Trinajstić information content (AvgIpc) is 2.75. The normalized spacial score (nSPS) is 10.5. The maximum absolute atomic E-state index is 11.6. The van der Waals surface area contributed by atoms with E-state index in [-0.39, 0.29) is 5.56 Å². The predicted octanol–water partition coefficient (Wildman–Crippen LogP) is 1.90. The molecular formula is C11H12N2O2. The van der Waals surface area contributed by atoms with Crippen LogP contribution in [-0.2, 0) is 6.42 Å². The molecule has 2 heterocycles. The van der Waals surface area contributed by atoms with Crippen molar-refractivity contribution in [1.29, 1.82) is 0 Å². The number of furan rings is 1. The maximum Gasteiger partial charge on any atom is 0.254 e. The minimum absolute atomic E-state index is 0.103. The van der Waals surface area contributed by atoms with E-state index < -0.39 is 0 Å². The second-order valence-electron chi connectivity index (χ2n) is 3.32. The van der Waals surface area contributed by atoms with Gasteiger partial charge in [0, 0.05) is 12.0 Å². The average molecular weight is 204 g/mol. The van der Waals surface area contributed by atoms with Crippen LogP contribution in [0.3, 0.4) is 0 Å². The van der Waals surface area contributed by atoms with Gasteiger partial charge in [0.05, 0.1) is 6.26 Å². The van der Waals surface area contributed by atoms with Gasteiger partial charge in [-0.25, -0.2) is 4.98 Å². The topological polar surface area (TPSA) is 58.9 Å². The first-order valence-corrected chi connectivity index (χ1v) is 4.86. The molecule has 0 atom stereocenters. The third kappa shape index (κ3) is 1.70. The van der Waals surface area contributed by atoms with Crippen LogP contribution in [0, 0.1) is 6.92 Å². The van der Waals surface area contributed by atoms with Gasteiger partial charge in [0.15, 0.2) is 5.76 Å². The Balaban J connectivity index is 2.65. The Hall–Kier alpha value is -1.84. The molecule has 1 N–H and O–H groups in total. The fraction of sp³-hybridized carbons (Fsp3) is 0.273. The Labute approximate surface area is 87.0 Å². The number of rotatable bonds is 2. The lowest BCUT2D eigenvalue weighted by molar-refractivity contribution is 0.578. The number of aromatic amines is 1. The third-order valence-electron chi connectivity index (χ3n) is 2.29. The molecule has 0 aromatic carbocycles. The molecule has 0 fully saturated rings.